The van der Waals surface area contributed by atoms with Crippen molar-refractivity contribution in [1.82, 2.24) is 5.32 Å². The molecule has 1 aliphatic heterocycles. The first-order valence-corrected chi connectivity index (χ1v) is 5.68. The van der Waals surface area contributed by atoms with E-state index in [4.69, 9.17) is 4.74 Å². The molecule has 0 spiro atoms. The van der Waals surface area contributed by atoms with Crippen molar-refractivity contribution in [1.29, 1.82) is 0 Å². The molecule has 1 heterocycles. The minimum Gasteiger partial charge on any atom is -0.364 e. The van der Waals surface area contributed by atoms with Crippen LogP contribution in [-0.2, 0) is 15.1 Å². The van der Waals surface area contributed by atoms with Crippen molar-refractivity contribution in [3.63, 3.8) is 0 Å². The third kappa shape index (κ3) is 1.83. The van der Waals surface area contributed by atoms with Crippen molar-refractivity contribution in [3.8, 4) is 0 Å². The summed E-state index contributed by atoms with van der Waals surface area (Å²) in [5.74, 6) is -0.0151. The van der Waals surface area contributed by atoms with E-state index in [1.807, 2.05) is 30.3 Å². The van der Waals surface area contributed by atoms with Gasteiger partial charge in [-0.25, -0.2) is 0 Å². The van der Waals surface area contributed by atoms with Crippen LogP contribution in [0.5, 0.6) is 0 Å². The number of carbonyl (C=O) groups is 1. The molecular formula is C13H17NO2. The van der Waals surface area contributed by atoms with Gasteiger partial charge in [0.1, 0.15) is 0 Å². The second-order valence-corrected chi connectivity index (χ2v) is 4.11. The number of hydrogen-bond acceptors (Lipinski definition) is 2. The molecule has 16 heavy (non-hydrogen) atoms. The highest BCUT2D eigenvalue weighted by molar-refractivity contribution is 5.86. The van der Waals surface area contributed by atoms with Crippen LogP contribution in [0.3, 0.4) is 0 Å². The Morgan fingerprint density at radius 2 is 2.00 bits per heavy atom. The molecule has 2 rings (SSSR count). The molecule has 1 atom stereocenters. The van der Waals surface area contributed by atoms with Gasteiger partial charge in [-0.1, -0.05) is 30.3 Å². The van der Waals surface area contributed by atoms with Gasteiger partial charge in [0.2, 0.25) is 0 Å². The third-order valence-electron chi connectivity index (χ3n) is 3.20. The molecule has 1 unspecified atom stereocenters. The maximum Gasteiger partial charge on any atom is 0.256 e. The van der Waals surface area contributed by atoms with Gasteiger partial charge >= 0.3 is 0 Å². The number of ether oxygens (including phenoxy) is 1. The Kier molecular flexibility index (Phi) is 3.25. The standard InChI is InChI=1S/C13H17NO2/c1-16-13(11-7-3-2-4-8-11)9-5-6-10-14-12(13)15/h2-4,7-8H,5-6,9-10H2,1H3,(H,14,15). The number of rotatable bonds is 2. The monoisotopic (exact) mass is 219 g/mol. The SMILES string of the molecule is COC1(c2ccccc2)CCCCNC1=O. The van der Waals surface area contributed by atoms with Crippen LogP contribution in [0.15, 0.2) is 30.3 Å². The summed E-state index contributed by atoms with van der Waals surface area (Å²) < 4.78 is 5.55. The van der Waals surface area contributed by atoms with Crippen LogP contribution in [0.1, 0.15) is 24.8 Å². The first-order valence-electron chi connectivity index (χ1n) is 5.68. The maximum atomic E-state index is 12.1. The lowest BCUT2D eigenvalue weighted by molar-refractivity contribution is -0.144. The Morgan fingerprint density at radius 1 is 1.25 bits per heavy atom. The van der Waals surface area contributed by atoms with Crippen LogP contribution in [0, 0.1) is 0 Å². The molecule has 3 heteroatoms. The fraction of sp³-hybridized carbons (Fsp3) is 0.462. The number of carbonyl (C=O) groups excluding carboxylic acids is 1. The van der Waals surface area contributed by atoms with Crippen molar-refractivity contribution >= 4 is 5.91 Å². The smallest absolute Gasteiger partial charge is 0.256 e. The van der Waals surface area contributed by atoms with Gasteiger partial charge < -0.3 is 10.1 Å². The van der Waals surface area contributed by atoms with E-state index in [9.17, 15) is 4.79 Å². The molecule has 1 aromatic carbocycles. The van der Waals surface area contributed by atoms with E-state index in [2.05, 4.69) is 5.32 Å². The zero-order valence-electron chi connectivity index (χ0n) is 9.53. The Bertz CT molecular complexity index is 363. The molecule has 0 aliphatic carbocycles. The number of nitrogens with one attached hydrogen (secondary N) is 1. The Morgan fingerprint density at radius 3 is 2.69 bits per heavy atom. The van der Waals surface area contributed by atoms with E-state index < -0.39 is 5.60 Å². The van der Waals surface area contributed by atoms with Gasteiger partial charge in [-0.15, -0.1) is 0 Å². The Hall–Kier alpha value is -1.35. The summed E-state index contributed by atoms with van der Waals surface area (Å²) in [6, 6.07) is 9.73. The summed E-state index contributed by atoms with van der Waals surface area (Å²) in [5, 5.41) is 2.92. The molecule has 1 saturated heterocycles. The number of benzene rings is 1. The highest BCUT2D eigenvalue weighted by atomic mass is 16.5. The molecule has 0 saturated carbocycles. The summed E-state index contributed by atoms with van der Waals surface area (Å²) >= 11 is 0. The summed E-state index contributed by atoms with van der Waals surface area (Å²) in [6.07, 6.45) is 2.77. The summed E-state index contributed by atoms with van der Waals surface area (Å²) in [7, 11) is 1.61. The van der Waals surface area contributed by atoms with Crippen LogP contribution in [-0.4, -0.2) is 19.6 Å². The molecule has 0 bridgehead atoms. The zero-order chi connectivity index (χ0) is 11.4. The quantitative estimate of drug-likeness (QED) is 0.824. The molecule has 1 aromatic rings. The first-order chi connectivity index (χ1) is 7.79. The van der Waals surface area contributed by atoms with E-state index in [-0.39, 0.29) is 5.91 Å². The molecule has 3 nitrogen and oxygen atoms in total. The van der Waals surface area contributed by atoms with E-state index in [0.717, 1.165) is 31.4 Å². The fourth-order valence-corrected chi connectivity index (χ4v) is 2.25. The normalized spacial score (nSPS) is 25.9. The Labute approximate surface area is 95.8 Å². The third-order valence-corrected chi connectivity index (χ3v) is 3.20. The average Bonchev–Trinajstić information content (AvgIpc) is 2.53. The molecule has 0 radical (unpaired) electrons. The van der Waals surface area contributed by atoms with Crippen molar-refractivity contribution in [2.24, 2.45) is 0 Å². The van der Waals surface area contributed by atoms with Gasteiger partial charge in [0.15, 0.2) is 5.60 Å². The molecule has 1 N–H and O–H groups in total. The van der Waals surface area contributed by atoms with Gasteiger partial charge in [-0.2, -0.15) is 0 Å². The predicted molar refractivity (Wildman–Crippen MR) is 62.0 cm³/mol. The largest absolute Gasteiger partial charge is 0.364 e. The molecule has 1 fully saturated rings. The maximum absolute atomic E-state index is 12.1. The summed E-state index contributed by atoms with van der Waals surface area (Å²) in [6.45, 7) is 0.747. The lowest BCUT2D eigenvalue weighted by Gasteiger charge is -2.29. The van der Waals surface area contributed by atoms with E-state index in [1.165, 1.54) is 0 Å². The molecule has 0 aromatic heterocycles. The van der Waals surface area contributed by atoms with Crippen molar-refractivity contribution in [3.05, 3.63) is 35.9 Å². The molecule has 1 aliphatic rings. The second kappa shape index (κ2) is 4.66. The van der Waals surface area contributed by atoms with Crippen molar-refractivity contribution < 1.29 is 9.53 Å². The highest BCUT2D eigenvalue weighted by Crippen LogP contribution is 2.32. The average molecular weight is 219 g/mol. The number of hydrogen-bond donors (Lipinski definition) is 1. The van der Waals surface area contributed by atoms with Gasteiger partial charge in [0, 0.05) is 13.7 Å². The van der Waals surface area contributed by atoms with Gasteiger partial charge in [0.05, 0.1) is 0 Å². The number of methoxy groups -OCH3 is 1. The molecule has 86 valence electrons. The van der Waals surface area contributed by atoms with Gasteiger partial charge in [0.25, 0.3) is 5.91 Å². The van der Waals surface area contributed by atoms with Crippen molar-refractivity contribution in [2.75, 3.05) is 13.7 Å². The molecule has 1 amide bonds. The lowest BCUT2D eigenvalue weighted by Crippen LogP contribution is -2.44. The molecular weight excluding hydrogens is 202 g/mol. The second-order valence-electron chi connectivity index (χ2n) is 4.11. The highest BCUT2D eigenvalue weighted by Gasteiger charge is 2.40. The first kappa shape index (κ1) is 11.1. The minimum atomic E-state index is -0.794. The van der Waals surface area contributed by atoms with Crippen molar-refractivity contribution in [2.45, 2.75) is 24.9 Å². The summed E-state index contributed by atoms with van der Waals surface area (Å²) in [5.41, 5.74) is 0.148. The van der Waals surface area contributed by atoms with Crippen LogP contribution in [0.25, 0.3) is 0 Å². The van der Waals surface area contributed by atoms with E-state index in [0.29, 0.717) is 0 Å². The Balaban J connectivity index is 2.40. The van der Waals surface area contributed by atoms with Crippen LogP contribution >= 0.6 is 0 Å². The van der Waals surface area contributed by atoms with Crippen LogP contribution in [0.2, 0.25) is 0 Å². The fourth-order valence-electron chi connectivity index (χ4n) is 2.25. The minimum absolute atomic E-state index is 0.0151. The summed E-state index contributed by atoms with van der Waals surface area (Å²) in [4.78, 5) is 12.1. The topological polar surface area (TPSA) is 38.3 Å². The van der Waals surface area contributed by atoms with E-state index in [1.54, 1.807) is 7.11 Å². The van der Waals surface area contributed by atoms with Crippen LogP contribution < -0.4 is 5.32 Å². The lowest BCUT2D eigenvalue weighted by atomic mass is 9.88. The van der Waals surface area contributed by atoms with Crippen LogP contribution in [0.4, 0.5) is 0 Å². The van der Waals surface area contributed by atoms with Gasteiger partial charge in [-0.05, 0) is 24.8 Å². The number of amides is 1. The predicted octanol–water partition coefficient (Wildman–Crippen LogP) is 1.83. The van der Waals surface area contributed by atoms with Gasteiger partial charge in [-0.3, -0.25) is 4.79 Å². The van der Waals surface area contributed by atoms with E-state index >= 15 is 0 Å². The zero-order valence-corrected chi connectivity index (χ0v) is 9.53.